The maximum Gasteiger partial charge on any atom is 0.416 e. The van der Waals surface area contributed by atoms with Gasteiger partial charge in [0.25, 0.3) is 5.91 Å². The average molecular weight is 491 g/mol. The number of benzene rings is 1. The third-order valence-electron chi connectivity index (χ3n) is 6.46. The van der Waals surface area contributed by atoms with E-state index < -0.39 is 17.6 Å². The number of halogens is 3. The van der Waals surface area contributed by atoms with Crippen molar-refractivity contribution in [3.63, 3.8) is 0 Å². The Bertz CT molecular complexity index is 1220. The summed E-state index contributed by atoms with van der Waals surface area (Å²) in [6.07, 6.45) is 1.34. The number of hydrogen-bond donors (Lipinski definition) is 0. The van der Waals surface area contributed by atoms with Gasteiger partial charge in [-0.15, -0.1) is 21.5 Å². The Morgan fingerprint density at radius 3 is 2.79 bits per heavy atom. The zero-order chi connectivity index (χ0) is 24.0. The molecule has 1 amide bonds. The van der Waals surface area contributed by atoms with Gasteiger partial charge < -0.3 is 4.57 Å². The van der Waals surface area contributed by atoms with Crippen molar-refractivity contribution in [1.29, 1.82) is 0 Å². The summed E-state index contributed by atoms with van der Waals surface area (Å²) >= 11 is 1.28. The lowest BCUT2D eigenvalue weighted by atomic mass is 9.96. The summed E-state index contributed by atoms with van der Waals surface area (Å²) in [5.74, 6) is 0.819. The number of fused-ring (bicyclic) bond motifs is 1. The molecule has 4 heterocycles. The number of hydrogen-bond acceptors (Lipinski definition) is 6. The minimum Gasteiger partial charge on any atom is -0.320 e. The van der Waals surface area contributed by atoms with Crippen molar-refractivity contribution >= 4 is 22.4 Å². The van der Waals surface area contributed by atoms with Gasteiger partial charge in [-0.25, -0.2) is 4.98 Å². The maximum absolute atomic E-state index is 14.0. The molecule has 0 bridgehead atoms. The third-order valence-corrected chi connectivity index (χ3v) is 7.48. The predicted octanol–water partition coefficient (Wildman–Crippen LogP) is 4.27. The standard InChI is InChI=1S/C23H25F3N6OS/c1-14-4-3-5-31(10-14)11-15-6-17-18(19(7-15)23(24,25)26)12-32(21(17)33)22-27-9-16(34-22)8-20-29-28-13-30(20)2/h6-7,9,13-14H,3-5,8,10-12H2,1-2H3/t14-/m0/s1. The zero-order valence-corrected chi connectivity index (χ0v) is 19.8. The second-order valence-corrected chi connectivity index (χ2v) is 10.3. The molecule has 0 unspecified atom stereocenters. The van der Waals surface area contributed by atoms with Crippen LogP contribution in [0.25, 0.3) is 0 Å². The van der Waals surface area contributed by atoms with Gasteiger partial charge in [0, 0.05) is 43.2 Å². The molecule has 1 fully saturated rings. The van der Waals surface area contributed by atoms with E-state index in [1.165, 1.54) is 22.3 Å². The van der Waals surface area contributed by atoms with Gasteiger partial charge >= 0.3 is 6.18 Å². The first kappa shape index (κ1) is 23.0. The fourth-order valence-corrected chi connectivity index (χ4v) is 5.69. The molecular weight excluding hydrogens is 465 g/mol. The Morgan fingerprint density at radius 2 is 2.09 bits per heavy atom. The van der Waals surface area contributed by atoms with Crippen molar-refractivity contribution in [3.8, 4) is 0 Å². The molecule has 11 heteroatoms. The van der Waals surface area contributed by atoms with E-state index in [-0.39, 0.29) is 17.7 Å². The van der Waals surface area contributed by atoms with Gasteiger partial charge in [0.05, 0.1) is 12.1 Å². The second-order valence-electron chi connectivity index (χ2n) is 9.19. The Hall–Kier alpha value is -2.79. The van der Waals surface area contributed by atoms with E-state index in [1.807, 2.05) is 7.05 Å². The molecule has 5 rings (SSSR count). The third kappa shape index (κ3) is 4.46. The SMILES string of the molecule is C[C@H]1CCCN(Cc2cc3c(c(C(F)(F)F)c2)CN(c2ncc(Cc4nncn4C)s2)C3=O)C1. The summed E-state index contributed by atoms with van der Waals surface area (Å²) in [5, 5.41) is 8.29. The number of rotatable bonds is 5. The number of thiazole rings is 1. The zero-order valence-electron chi connectivity index (χ0n) is 19.0. The first-order chi connectivity index (χ1) is 16.2. The van der Waals surface area contributed by atoms with E-state index in [2.05, 4.69) is 27.0 Å². The highest BCUT2D eigenvalue weighted by Crippen LogP contribution is 2.40. The first-order valence-corrected chi connectivity index (χ1v) is 12.1. The summed E-state index contributed by atoms with van der Waals surface area (Å²) in [6, 6.07) is 2.86. The van der Waals surface area contributed by atoms with E-state index in [0.29, 0.717) is 29.6 Å². The highest BCUT2D eigenvalue weighted by molar-refractivity contribution is 7.15. The Kier molecular flexibility index (Phi) is 5.93. The fraction of sp³-hybridized carbons (Fsp3) is 0.478. The largest absolute Gasteiger partial charge is 0.416 e. The molecular formula is C23H25F3N6OS. The van der Waals surface area contributed by atoms with Gasteiger partial charge in [-0.2, -0.15) is 13.2 Å². The molecule has 1 saturated heterocycles. The molecule has 3 aromatic rings. The monoisotopic (exact) mass is 490 g/mol. The smallest absolute Gasteiger partial charge is 0.320 e. The number of aromatic nitrogens is 4. The lowest BCUT2D eigenvalue weighted by Crippen LogP contribution is -2.33. The quantitative estimate of drug-likeness (QED) is 0.534. The summed E-state index contributed by atoms with van der Waals surface area (Å²) in [5.41, 5.74) is -0.0486. The summed E-state index contributed by atoms with van der Waals surface area (Å²) in [6.45, 7) is 4.14. The maximum atomic E-state index is 14.0. The normalized spacial score (nSPS) is 19.1. The van der Waals surface area contributed by atoms with Crippen LogP contribution in [0, 0.1) is 5.92 Å². The van der Waals surface area contributed by atoms with Gasteiger partial charge in [0.2, 0.25) is 0 Å². The van der Waals surface area contributed by atoms with Gasteiger partial charge in [-0.05, 0) is 48.6 Å². The topological polar surface area (TPSA) is 67.2 Å². The van der Waals surface area contributed by atoms with Crippen LogP contribution in [-0.4, -0.2) is 43.6 Å². The number of aryl methyl sites for hydroxylation is 1. The number of likely N-dealkylation sites (tertiary alicyclic amines) is 1. The van der Waals surface area contributed by atoms with Crippen LogP contribution >= 0.6 is 11.3 Å². The van der Waals surface area contributed by atoms with Crippen molar-refractivity contribution in [1.82, 2.24) is 24.6 Å². The molecule has 0 aliphatic carbocycles. The van der Waals surface area contributed by atoms with Crippen LogP contribution in [0.2, 0.25) is 0 Å². The fourth-order valence-electron chi connectivity index (χ4n) is 4.78. The molecule has 0 N–H and O–H groups in total. The van der Waals surface area contributed by atoms with Crippen LogP contribution in [0.4, 0.5) is 18.3 Å². The minimum absolute atomic E-state index is 0.0262. The number of piperidine rings is 1. The molecule has 2 aliphatic heterocycles. The van der Waals surface area contributed by atoms with Crippen LogP contribution in [0.3, 0.4) is 0 Å². The molecule has 180 valence electrons. The Morgan fingerprint density at radius 1 is 1.26 bits per heavy atom. The van der Waals surface area contributed by atoms with E-state index >= 15 is 0 Å². The lowest BCUT2D eigenvalue weighted by molar-refractivity contribution is -0.138. The van der Waals surface area contributed by atoms with Crippen molar-refractivity contribution in [2.45, 2.75) is 45.5 Å². The van der Waals surface area contributed by atoms with Crippen LogP contribution in [0.15, 0.2) is 24.7 Å². The van der Waals surface area contributed by atoms with E-state index in [4.69, 9.17) is 0 Å². The van der Waals surface area contributed by atoms with Crippen molar-refractivity contribution in [2.24, 2.45) is 13.0 Å². The summed E-state index contributed by atoms with van der Waals surface area (Å²) in [7, 11) is 1.83. The van der Waals surface area contributed by atoms with Crippen molar-refractivity contribution in [3.05, 3.63) is 57.6 Å². The van der Waals surface area contributed by atoms with E-state index in [1.54, 1.807) is 23.2 Å². The number of nitrogens with zero attached hydrogens (tertiary/aromatic N) is 6. The van der Waals surface area contributed by atoms with Gasteiger partial charge in [-0.1, -0.05) is 6.92 Å². The van der Waals surface area contributed by atoms with Crippen LogP contribution < -0.4 is 4.90 Å². The molecule has 2 aliphatic rings. The van der Waals surface area contributed by atoms with Gasteiger partial charge in [-0.3, -0.25) is 14.6 Å². The molecule has 1 atom stereocenters. The molecule has 34 heavy (non-hydrogen) atoms. The minimum atomic E-state index is -4.54. The first-order valence-electron chi connectivity index (χ1n) is 11.2. The highest BCUT2D eigenvalue weighted by atomic mass is 32.1. The lowest BCUT2D eigenvalue weighted by Gasteiger charge is -2.31. The van der Waals surface area contributed by atoms with E-state index in [0.717, 1.165) is 36.6 Å². The molecule has 0 radical (unpaired) electrons. The Balaban J connectivity index is 1.42. The number of amides is 1. The van der Waals surface area contributed by atoms with Gasteiger partial charge in [0.1, 0.15) is 12.2 Å². The average Bonchev–Trinajstić information content (AvgIpc) is 3.48. The van der Waals surface area contributed by atoms with Crippen molar-refractivity contribution in [2.75, 3.05) is 18.0 Å². The summed E-state index contributed by atoms with van der Waals surface area (Å²) < 4.78 is 43.8. The van der Waals surface area contributed by atoms with Crippen molar-refractivity contribution < 1.29 is 18.0 Å². The molecule has 7 nitrogen and oxygen atoms in total. The van der Waals surface area contributed by atoms with Crippen LogP contribution in [0.1, 0.15) is 57.5 Å². The number of carbonyl (C=O) groups excluding carboxylic acids is 1. The highest BCUT2D eigenvalue weighted by Gasteiger charge is 2.41. The summed E-state index contributed by atoms with van der Waals surface area (Å²) in [4.78, 5) is 21.9. The van der Waals surface area contributed by atoms with Crippen LogP contribution in [-0.2, 0) is 32.7 Å². The molecule has 1 aromatic carbocycles. The van der Waals surface area contributed by atoms with Crippen LogP contribution in [0.5, 0.6) is 0 Å². The Labute approximate surface area is 199 Å². The molecule has 0 saturated carbocycles. The predicted molar refractivity (Wildman–Crippen MR) is 122 cm³/mol. The number of alkyl halides is 3. The second kappa shape index (κ2) is 8.77. The van der Waals surface area contributed by atoms with Gasteiger partial charge in [0.15, 0.2) is 5.13 Å². The number of anilines is 1. The molecule has 2 aromatic heterocycles. The number of carbonyl (C=O) groups is 1. The van der Waals surface area contributed by atoms with E-state index in [9.17, 15) is 18.0 Å². The molecule has 0 spiro atoms.